The van der Waals surface area contributed by atoms with Crippen LogP contribution in [0.1, 0.15) is 42.5 Å². The highest BCUT2D eigenvalue weighted by molar-refractivity contribution is 7.89. The summed E-state index contributed by atoms with van der Waals surface area (Å²) in [6.45, 7) is 1.03. The van der Waals surface area contributed by atoms with E-state index in [1.54, 1.807) is 18.3 Å². The van der Waals surface area contributed by atoms with E-state index in [0.717, 1.165) is 36.2 Å². The largest absolute Gasteiger partial charge is 0.350 e. The average Bonchev–Trinajstić information content (AvgIpc) is 3.24. The summed E-state index contributed by atoms with van der Waals surface area (Å²) in [4.78, 5) is 17.5. The Labute approximate surface area is 198 Å². The Morgan fingerprint density at radius 1 is 1.06 bits per heavy atom. The molecule has 1 fully saturated rings. The van der Waals surface area contributed by atoms with Gasteiger partial charge in [-0.25, -0.2) is 13.4 Å². The van der Waals surface area contributed by atoms with E-state index in [9.17, 15) is 13.2 Å². The molecule has 2 aliphatic rings. The van der Waals surface area contributed by atoms with E-state index in [-0.39, 0.29) is 11.8 Å². The number of sulfonamides is 1. The number of halogens is 1. The predicted octanol–water partition coefficient (Wildman–Crippen LogP) is 3.58. The topological polar surface area (TPSA) is 83.8 Å². The number of piperidine rings is 1. The quantitative estimate of drug-likeness (QED) is 0.597. The Kier molecular flexibility index (Phi) is 6.16. The number of nitrogens with one attached hydrogen (secondary N) is 1. The van der Waals surface area contributed by atoms with Crippen LogP contribution in [0, 0.1) is 5.92 Å². The van der Waals surface area contributed by atoms with Crippen LogP contribution in [0.15, 0.2) is 47.6 Å². The van der Waals surface area contributed by atoms with Gasteiger partial charge in [-0.2, -0.15) is 4.31 Å². The van der Waals surface area contributed by atoms with E-state index in [1.165, 1.54) is 16.3 Å². The highest BCUT2D eigenvalue weighted by Gasteiger charge is 2.32. The van der Waals surface area contributed by atoms with Gasteiger partial charge < -0.3 is 9.72 Å². The van der Waals surface area contributed by atoms with Crippen LogP contribution in [-0.4, -0.2) is 41.1 Å². The molecule has 9 heteroatoms. The summed E-state index contributed by atoms with van der Waals surface area (Å²) in [7, 11) is -3.54. The van der Waals surface area contributed by atoms with E-state index in [0.29, 0.717) is 42.4 Å². The molecule has 1 N–H and O–H groups in total. The van der Waals surface area contributed by atoms with Crippen molar-refractivity contribution >= 4 is 33.2 Å². The zero-order valence-corrected chi connectivity index (χ0v) is 19.9. The summed E-state index contributed by atoms with van der Waals surface area (Å²) < 4.78 is 29.7. The molecule has 3 heterocycles. The van der Waals surface area contributed by atoms with Gasteiger partial charge in [0.05, 0.1) is 22.2 Å². The number of rotatable bonds is 5. The standard InChI is InChI=1S/C24H27ClN4O3S/c25-20-6-8-23-27-21(16-28(23)15-20)14-26-24(30)18-9-11-29(12-10-18)33(31,32)22-7-5-17-3-1-2-4-19(17)13-22/h5-8,13,15-16,18H,1-4,9-12,14H2,(H,26,30). The fourth-order valence-electron chi connectivity index (χ4n) is 4.80. The van der Waals surface area contributed by atoms with Gasteiger partial charge in [-0.1, -0.05) is 17.7 Å². The number of aryl methyl sites for hydroxylation is 2. The number of fused-ring (bicyclic) bond motifs is 2. The number of pyridine rings is 1. The molecule has 1 amide bonds. The van der Waals surface area contributed by atoms with Crippen LogP contribution in [0.4, 0.5) is 0 Å². The van der Waals surface area contributed by atoms with Gasteiger partial charge in [0.1, 0.15) is 5.65 Å². The van der Waals surface area contributed by atoms with Crippen molar-refractivity contribution in [1.82, 2.24) is 19.0 Å². The lowest BCUT2D eigenvalue weighted by Gasteiger charge is -2.30. The van der Waals surface area contributed by atoms with Crippen molar-refractivity contribution in [2.24, 2.45) is 5.92 Å². The molecular weight excluding hydrogens is 460 g/mol. The first-order valence-electron chi connectivity index (χ1n) is 11.4. The molecule has 0 saturated carbocycles. The number of imidazole rings is 1. The van der Waals surface area contributed by atoms with Crippen LogP contribution in [0.25, 0.3) is 5.65 Å². The molecule has 33 heavy (non-hydrogen) atoms. The SMILES string of the molecule is O=C(NCc1cn2cc(Cl)ccc2n1)C1CCN(S(=O)(=O)c2ccc3c(c2)CCCC3)CC1. The second-order valence-corrected chi connectivity index (χ2v) is 11.3. The molecule has 0 radical (unpaired) electrons. The zero-order valence-electron chi connectivity index (χ0n) is 18.3. The molecule has 0 bridgehead atoms. The van der Waals surface area contributed by atoms with E-state index < -0.39 is 10.0 Å². The van der Waals surface area contributed by atoms with Gasteiger partial charge >= 0.3 is 0 Å². The fourth-order valence-corrected chi connectivity index (χ4v) is 6.49. The monoisotopic (exact) mass is 486 g/mol. The first kappa shape index (κ1) is 22.4. The van der Waals surface area contributed by atoms with Crippen LogP contribution < -0.4 is 5.32 Å². The highest BCUT2D eigenvalue weighted by Crippen LogP contribution is 2.28. The predicted molar refractivity (Wildman–Crippen MR) is 127 cm³/mol. The maximum atomic E-state index is 13.2. The second-order valence-electron chi connectivity index (χ2n) is 8.88. The van der Waals surface area contributed by atoms with Crippen molar-refractivity contribution in [2.45, 2.75) is 50.0 Å². The minimum absolute atomic E-state index is 0.0593. The summed E-state index contributed by atoms with van der Waals surface area (Å²) in [5, 5.41) is 3.57. The summed E-state index contributed by atoms with van der Waals surface area (Å²) in [6, 6.07) is 9.16. The van der Waals surface area contributed by atoms with Crippen LogP contribution in [-0.2, 0) is 34.2 Å². The van der Waals surface area contributed by atoms with Gasteiger partial charge in [0, 0.05) is 31.4 Å². The van der Waals surface area contributed by atoms with Crippen molar-refractivity contribution in [1.29, 1.82) is 0 Å². The molecule has 0 atom stereocenters. The number of nitrogens with zero attached hydrogens (tertiary/aromatic N) is 3. The molecule has 1 aromatic carbocycles. The van der Waals surface area contributed by atoms with Crippen LogP contribution in [0.2, 0.25) is 5.02 Å². The van der Waals surface area contributed by atoms with Crippen molar-refractivity contribution in [3.63, 3.8) is 0 Å². The lowest BCUT2D eigenvalue weighted by molar-refractivity contribution is -0.126. The number of benzene rings is 1. The minimum Gasteiger partial charge on any atom is -0.350 e. The Morgan fingerprint density at radius 3 is 2.61 bits per heavy atom. The maximum absolute atomic E-state index is 13.2. The highest BCUT2D eigenvalue weighted by atomic mass is 35.5. The Morgan fingerprint density at radius 2 is 1.82 bits per heavy atom. The molecule has 1 aliphatic carbocycles. The summed E-state index contributed by atoms with van der Waals surface area (Å²) in [5.74, 6) is -0.262. The Bertz CT molecular complexity index is 1300. The zero-order chi connectivity index (χ0) is 23.0. The van der Waals surface area contributed by atoms with Gasteiger partial charge in [0.25, 0.3) is 0 Å². The van der Waals surface area contributed by atoms with Gasteiger partial charge in [-0.15, -0.1) is 0 Å². The normalized spacial score (nSPS) is 17.7. The molecular formula is C24H27ClN4O3S. The smallest absolute Gasteiger partial charge is 0.243 e. The van der Waals surface area contributed by atoms with Gasteiger partial charge in [0.2, 0.25) is 15.9 Å². The first-order chi connectivity index (χ1) is 15.9. The molecule has 0 unspecified atom stereocenters. The lowest BCUT2D eigenvalue weighted by atomic mass is 9.92. The third-order valence-electron chi connectivity index (χ3n) is 6.69. The number of carbonyl (C=O) groups is 1. The van der Waals surface area contributed by atoms with Crippen molar-refractivity contribution in [2.75, 3.05) is 13.1 Å². The van der Waals surface area contributed by atoms with Gasteiger partial charge in [0.15, 0.2) is 0 Å². The van der Waals surface area contributed by atoms with Crippen molar-refractivity contribution < 1.29 is 13.2 Å². The van der Waals surface area contributed by atoms with Crippen LogP contribution >= 0.6 is 11.6 Å². The second kappa shape index (κ2) is 9.08. The molecule has 3 aromatic rings. The molecule has 0 spiro atoms. The number of carbonyl (C=O) groups excluding carboxylic acids is 1. The van der Waals surface area contributed by atoms with E-state index >= 15 is 0 Å². The molecule has 174 valence electrons. The minimum atomic E-state index is -3.54. The van der Waals surface area contributed by atoms with Crippen LogP contribution in [0.3, 0.4) is 0 Å². The number of amides is 1. The third-order valence-corrected chi connectivity index (χ3v) is 8.81. The van der Waals surface area contributed by atoms with E-state index in [4.69, 9.17) is 11.6 Å². The summed E-state index contributed by atoms with van der Waals surface area (Å²) in [6.07, 6.45) is 8.88. The molecule has 5 rings (SSSR count). The van der Waals surface area contributed by atoms with Crippen molar-refractivity contribution in [3.05, 3.63) is 64.6 Å². The summed E-state index contributed by atoms with van der Waals surface area (Å²) >= 11 is 6.01. The molecule has 1 saturated heterocycles. The first-order valence-corrected chi connectivity index (χ1v) is 13.2. The van der Waals surface area contributed by atoms with E-state index in [1.807, 2.05) is 28.8 Å². The number of hydrogen-bond donors (Lipinski definition) is 1. The Balaban J connectivity index is 1.18. The maximum Gasteiger partial charge on any atom is 0.243 e. The average molecular weight is 487 g/mol. The Hall–Kier alpha value is -2.42. The number of hydrogen-bond acceptors (Lipinski definition) is 4. The number of aromatic nitrogens is 2. The fraction of sp³-hybridized carbons (Fsp3) is 0.417. The lowest BCUT2D eigenvalue weighted by Crippen LogP contribution is -2.42. The van der Waals surface area contributed by atoms with Gasteiger partial charge in [-0.05, 0) is 73.9 Å². The van der Waals surface area contributed by atoms with Crippen molar-refractivity contribution in [3.8, 4) is 0 Å². The van der Waals surface area contributed by atoms with Crippen LogP contribution in [0.5, 0.6) is 0 Å². The molecule has 2 aromatic heterocycles. The van der Waals surface area contributed by atoms with E-state index in [2.05, 4.69) is 10.3 Å². The molecule has 1 aliphatic heterocycles. The third kappa shape index (κ3) is 4.65. The summed E-state index contributed by atoms with van der Waals surface area (Å²) in [5.41, 5.74) is 3.94. The van der Waals surface area contributed by atoms with Gasteiger partial charge in [-0.3, -0.25) is 4.79 Å². The molecule has 7 nitrogen and oxygen atoms in total.